The van der Waals surface area contributed by atoms with Crippen LogP contribution < -0.4 is 5.32 Å². The Morgan fingerprint density at radius 1 is 1.25 bits per heavy atom. The minimum atomic E-state index is 0.134. The zero-order valence-corrected chi connectivity index (χ0v) is 10.8. The highest BCUT2D eigenvalue weighted by molar-refractivity contribution is 9.10. The van der Waals surface area contributed by atoms with Gasteiger partial charge in [-0.3, -0.25) is 4.90 Å². The lowest BCUT2D eigenvalue weighted by Crippen LogP contribution is -2.46. The normalized spacial score (nSPS) is 19.6. The summed E-state index contributed by atoms with van der Waals surface area (Å²) in [5.41, 5.74) is 1.19. The summed E-state index contributed by atoms with van der Waals surface area (Å²) in [5.74, 6) is 0. The van der Waals surface area contributed by atoms with Crippen molar-refractivity contribution in [3.05, 3.63) is 34.3 Å². The maximum Gasteiger partial charge on any atom is 0.0628 e. The topological polar surface area (TPSA) is 35.5 Å². The lowest BCUT2D eigenvalue weighted by molar-refractivity contribution is 0.111. The predicted molar refractivity (Wildman–Crippen MR) is 68.4 cm³/mol. The van der Waals surface area contributed by atoms with Crippen molar-refractivity contribution >= 4 is 15.9 Å². The fourth-order valence-electron chi connectivity index (χ4n) is 2.11. The Morgan fingerprint density at radius 3 is 2.44 bits per heavy atom. The smallest absolute Gasteiger partial charge is 0.0628 e. The summed E-state index contributed by atoms with van der Waals surface area (Å²) < 4.78 is 1.08. The molecule has 0 aliphatic carbocycles. The molecule has 0 aromatic heterocycles. The number of nitrogens with zero attached hydrogens (tertiary/aromatic N) is 1. The van der Waals surface area contributed by atoms with Gasteiger partial charge in [0.15, 0.2) is 0 Å². The van der Waals surface area contributed by atoms with Crippen molar-refractivity contribution in [2.24, 2.45) is 0 Å². The number of hydrogen-bond donors (Lipinski definition) is 2. The molecule has 1 aromatic carbocycles. The number of aliphatic hydroxyl groups excluding tert-OH is 1. The molecule has 1 aliphatic heterocycles. The van der Waals surface area contributed by atoms with Crippen molar-refractivity contribution in [3.8, 4) is 0 Å². The average molecular weight is 285 g/mol. The van der Waals surface area contributed by atoms with E-state index in [1.165, 1.54) is 5.56 Å². The van der Waals surface area contributed by atoms with Crippen molar-refractivity contribution in [3.63, 3.8) is 0 Å². The zero-order valence-electron chi connectivity index (χ0n) is 9.19. The molecule has 0 unspecified atom stereocenters. The molecule has 88 valence electrons. The van der Waals surface area contributed by atoms with Gasteiger partial charge in [0.1, 0.15) is 0 Å². The number of nitrogens with one attached hydrogen (secondary N) is 1. The number of hydrogen-bond acceptors (Lipinski definition) is 3. The van der Waals surface area contributed by atoms with Crippen molar-refractivity contribution in [2.45, 2.75) is 6.04 Å². The van der Waals surface area contributed by atoms with Crippen molar-refractivity contribution in [1.29, 1.82) is 0 Å². The van der Waals surface area contributed by atoms with E-state index in [2.05, 4.69) is 38.3 Å². The maximum atomic E-state index is 9.53. The van der Waals surface area contributed by atoms with Crippen molar-refractivity contribution in [2.75, 3.05) is 32.8 Å². The fourth-order valence-corrected chi connectivity index (χ4v) is 2.37. The summed E-state index contributed by atoms with van der Waals surface area (Å²) in [5, 5.41) is 12.9. The Balaban J connectivity index is 2.11. The first-order valence-electron chi connectivity index (χ1n) is 5.62. The van der Waals surface area contributed by atoms with Crippen LogP contribution in [0.1, 0.15) is 11.6 Å². The van der Waals surface area contributed by atoms with Crippen LogP contribution in [0.2, 0.25) is 0 Å². The second-order valence-corrected chi connectivity index (χ2v) is 4.95. The molecule has 4 heteroatoms. The van der Waals surface area contributed by atoms with Gasteiger partial charge in [-0.25, -0.2) is 0 Å². The van der Waals surface area contributed by atoms with Crippen molar-refractivity contribution in [1.82, 2.24) is 10.2 Å². The van der Waals surface area contributed by atoms with Crippen LogP contribution in [-0.4, -0.2) is 42.8 Å². The first-order valence-corrected chi connectivity index (χ1v) is 6.41. The Kier molecular flexibility index (Phi) is 4.35. The second kappa shape index (κ2) is 5.77. The summed E-state index contributed by atoms with van der Waals surface area (Å²) in [6, 6.07) is 8.34. The molecule has 1 atom stereocenters. The fraction of sp³-hybridized carbons (Fsp3) is 0.500. The highest BCUT2D eigenvalue weighted by atomic mass is 79.9. The standard InChI is InChI=1S/C12H17BrN2O/c13-11-3-1-10(2-4-11)12(9-16)15-7-5-14-6-8-15/h1-4,12,14,16H,5-9H2/t12-/m0/s1. The van der Waals surface area contributed by atoms with Gasteiger partial charge < -0.3 is 10.4 Å². The molecule has 1 heterocycles. The van der Waals surface area contributed by atoms with Gasteiger partial charge in [-0.2, -0.15) is 0 Å². The van der Waals surface area contributed by atoms with E-state index in [-0.39, 0.29) is 12.6 Å². The SMILES string of the molecule is OC[C@@H](c1ccc(Br)cc1)N1CCNCC1. The van der Waals surface area contributed by atoms with Crippen LogP contribution >= 0.6 is 15.9 Å². The molecule has 0 spiro atoms. The molecule has 1 aromatic rings. The van der Waals surface area contributed by atoms with E-state index < -0.39 is 0 Å². The molecule has 0 amide bonds. The summed E-state index contributed by atoms with van der Waals surface area (Å²) in [6.45, 7) is 4.20. The molecule has 0 radical (unpaired) electrons. The van der Waals surface area contributed by atoms with E-state index >= 15 is 0 Å². The van der Waals surface area contributed by atoms with Gasteiger partial charge in [-0.1, -0.05) is 28.1 Å². The molecule has 1 saturated heterocycles. The van der Waals surface area contributed by atoms with Crippen LogP contribution in [0.25, 0.3) is 0 Å². The highest BCUT2D eigenvalue weighted by Crippen LogP contribution is 2.22. The quantitative estimate of drug-likeness (QED) is 0.881. The predicted octanol–water partition coefficient (Wildman–Crippen LogP) is 1.39. The van der Waals surface area contributed by atoms with Crippen LogP contribution in [0.4, 0.5) is 0 Å². The third-order valence-electron chi connectivity index (χ3n) is 3.02. The number of aliphatic hydroxyl groups is 1. The summed E-state index contributed by atoms with van der Waals surface area (Å²) in [6.07, 6.45) is 0. The Hall–Kier alpha value is -0.420. The van der Waals surface area contributed by atoms with Gasteiger partial charge in [0, 0.05) is 30.7 Å². The van der Waals surface area contributed by atoms with E-state index in [9.17, 15) is 5.11 Å². The molecule has 0 saturated carbocycles. The van der Waals surface area contributed by atoms with Gasteiger partial charge in [0.25, 0.3) is 0 Å². The number of benzene rings is 1. The van der Waals surface area contributed by atoms with Crippen LogP contribution in [0, 0.1) is 0 Å². The Labute approximate surface area is 105 Å². The maximum absolute atomic E-state index is 9.53. The number of halogens is 1. The number of piperazine rings is 1. The lowest BCUT2D eigenvalue weighted by Gasteiger charge is -2.34. The minimum absolute atomic E-state index is 0.134. The first kappa shape index (κ1) is 12.0. The summed E-state index contributed by atoms with van der Waals surface area (Å²) >= 11 is 3.43. The van der Waals surface area contributed by atoms with E-state index in [0.717, 1.165) is 30.7 Å². The highest BCUT2D eigenvalue weighted by Gasteiger charge is 2.20. The molecule has 2 N–H and O–H groups in total. The monoisotopic (exact) mass is 284 g/mol. The van der Waals surface area contributed by atoms with Crippen LogP contribution in [0.15, 0.2) is 28.7 Å². The zero-order chi connectivity index (χ0) is 11.4. The molecular formula is C12H17BrN2O. The van der Waals surface area contributed by atoms with Gasteiger partial charge in [0.05, 0.1) is 12.6 Å². The van der Waals surface area contributed by atoms with Gasteiger partial charge in [-0.05, 0) is 17.7 Å². The molecule has 0 bridgehead atoms. The average Bonchev–Trinajstić information content (AvgIpc) is 2.34. The molecular weight excluding hydrogens is 268 g/mol. The summed E-state index contributed by atoms with van der Waals surface area (Å²) in [7, 11) is 0. The van der Waals surface area contributed by atoms with Crippen LogP contribution in [0.3, 0.4) is 0 Å². The van der Waals surface area contributed by atoms with Gasteiger partial charge in [0.2, 0.25) is 0 Å². The number of rotatable bonds is 3. The van der Waals surface area contributed by atoms with E-state index in [1.54, 1.807) is 0 Å². The van der Waals surface area contributed by atoms with E-state index in [1.807, 2.05) is 12.1 Å². The van der Waals surface area contributed by atoms with Gasteiger partial charge >= 0.3 is 0 Å². The molecule has 2 rings (SSSR count). The second-order valence-electron chi connectivity index (χ2n) is 4.04. The lowest BCUT2D eigenvalue weighted by atomic mass is 10.1. The first-order chi connectivity index (χ1) is 7.81. The van der Waals surface area contributed by atoms with Crippen LogP contribution in [0.5, 0.6) is 0 Å². The third-order valence-corrected chi connectivity index (χ3v) is 3.55. The van der Waals surface area contributed by atoms with Crippen LogP contribution in [-0.2, 0) is 0 Å². The van der Waals surface area contributed by atoms with E-state index in [4.69, 9.17) is 0 Å². The molecule has 3 nitrogen and oxygen atoms in total. The largest absolute Gasteiger partial charge is 0.394 e. The Morgan fingerprint density at radius 2 is 1.88 bits per heavy atom. The molecule has 16 heavy (non-hydrogen) atoms. The summed E-state index contributed by atoms with van der Waals surface area (Å²) in [4.78, 5) is 2.33. The van der Waals surface area contributed by atoms with E-state index in [0.29, 0.717) is 0 Å². The Bertz CT molecular complexity index is 322. The third kappa shape index (κ3) is 2.83. The minimum Gasteiger partial charge on any atom is -0.394 e. The van der Waals surface area contributed by atoms with Crippen molar-refractivity contribution < 1.29 is 5.11 Å². The molecule has 1 aliphatic rings. The van der Waals surface area contributed by atoms with Gasteiger partial charge in [-0.15, -0.1) is 0 Å². The molecule has 1 fully saturated rings.